The first-order valence-corrected chi connectivity index (χ1v) is 21.9. The predicted molar refractivity (Wildman–Crippen MR) is 215 cm³/mol. The Balaban J connectivity index is 0.000000123. The van der Waals surface area contributed by atoms with Crippen molar-refractivity contribution >= 4 is 59.0 Å². The van der Waals surface area contributed by atoms with Crippen molar-refractivity contribution in [3.8, 4) is 6.07 Å². The van der Waals surface area contributed by atoms with Crippen LogP contribution in [0.4, 0.5) is 0 Å². The number of aryl methyl sites for hydroxylation is 4. The first-order valence-electron chi connectivity index (χ1n) is 18.4. The SMILES string of the molecule is CNCC1CCCc2sccc21.N#CC1CCCc2sccc21.NCC1CCCc2sccc21.O=C1CCCc2sccc21.[B]C1CCCO1. The molecule has 5 heterocycles. The molecule has 5 aliphatic rings. The van der Waals surface area contributed by atoms with E-state index in [-0.39, 0.29) is 11.9 Å². The minimum Gasteiger partial charge on any atom is -0.388 e. The molecule has 4 aromatic rings. The summed E-state index contributed by atoms with van der Waals surface area (Å²) in [5.41, 5.74) is 11.1. The molecule has 0 amide bonds. The topological polar surface area (TPSA) is 88.1 Å². The minimum absolute atomic E-state index is 0.0463. The normalized spacial score (nSPS) is 22.9. The largest absolute Gasteiger partial charge is 0.388 e. The van der Waals surface area contributed by atoms with Gasteiger partial charge in [-0.2, -0.15) is 5.26 Å². The maximum Gasteiger partial charge on any atom is 0.164 e. The molecule has 10 heteroatoms. The van der Waals surface area contributed by atoms with Crippen LogP contribution in [0.1, 0.15) is 129 Å². The van der Waals surface area contributed by atoms with Crippen LogP contribution in [-0.4, -0.2) is 46.4 Å². The fourth-order valence-corrected chi connectivity index (χ4v) is 11.4. The molecule has 0 saturated carbocycles. The number of ketones is 1. The predicted octanol–water partition coefficient (Wildman–Crippen LogP) is 9.76. The molecule has 3 N–H and O–H groups in total. The van der Waals surface area contributed by atoms with Crippen molar-refractivity contribution in [2.75, 3.05) is 26.7 Å². The third-order valence-electron chi connectivity index (χ3n) is 10.1. The van der Waals surface area contributed by atoms with Crippen LogP contribution in [0.2, 0.25) is 0 Å². The highest BCUT2D eigenvalue weighted by Gasteiger charge is 2.22. The summed E-state index contributed by atoms with van der Waals surface area (Å²) in [7, 11) is 7.35. The van der Waals surface area contributed by atoms with Gasteiger partial charge in [0, 0.05) is 50.6 Å². The number of thiophene rings is 4. The summed E-state index contributed by atoms with van der Waals surface area (Å²) in [4.78, 5) is 17.1. The summed E-state index contributed by atoms with van der Waals surface area (Å²) >= 11 is 7.32. The fraction of sp³-hybridized carbons (Fsp3) is 0.550. The smallest absolute Gasteiger partial charge is 0.164 e. The van der Waals surface area contributed by atoms with Gasteiger partial charge in [0.2, 0.25) is 0 Å². The number of fused-ring (bicyclic) bond motifs is 4. The second-order valence-corrected chi connectivity index (χ2v) is 17.5. The van der Waals surface area contributed by atoms with Gasteiger partial charge in [0.25, 0.3) is 0 Å². The standard InChI is InChI=1S/C10H15NS.C9H13NS.C9H9NS.C8H8OS.C4H7BO/c1-11-7-8-3-2-4-10-9(8)5-6-12-10;2*10-6-7-2-1-3-9-8(7)4-5-11-9;9-7-2-1-3-8-6(7)4-5-10-8;5-4-2-1-3-6-4/h5-6,8,11H,2-4,7H2,1H3;4-5,7H,1-3,6,10H2;4-5,7H,1-3H2;4-5H,1-3H2;4H,1-3H2. The van der Waals surface area contributed by atoms with Gasteiger partial charge < -0.3 is 15.8 Å². The number of nitriles is 1. The number of nitrogens with zero attached hydrogens (tertiary/aromatic N) is 1. The Labute approximate surface area is 317 Å². The van der Waals surface area contributed by atoms with Gasteiger partial charge in [0.15, 0.2) is 5.78 Å². The first kappa shape index (κ1) is 39.1. The third-order valence-corrected chi connectivity index (χ3v) is 14.1. The maximum atomic E-state index is 11.2. The zero-order valence-corrected chi connectivity index (χ0v) is 32.8. The number of carbonyl (C=O) groups excluding carboxylic acids is 1. The van der Waals surface area contributed by atoms with Gasteiger partial charge in [0.05, 0.1) is 12.0 Å². The zero-order valence-electron chi connectivity index (χ0n) is 29.5. The van der Waals surface area contributed by atoms with E-state index in [1.165, 1.54) is 72.2 Å². The highest BCUT2D eigenvalue weighted by Crippen LogP contribution is 2.36. The summed E-state index contributed by atoms with van der Waals surface area (Å²) in [6, 6.07) is 11.0. The van der Waals surface area contributed by atoms with Gasteiger partial charge >= 0.3 is 0 Å². The van der Waals surface area contributed by atoms with E-state index in [4.69, 9.17) is 23.6 Å². The molecule has 4 aromatic heterocycles. The van der Waals surface area contributed by atoms with Crippen LogP contribution in [0, 0.1) is 11.3 Å². The second kappa shape index (κ2) is 20.8. The highest BCUT2D eigenvalue weighted by atomic mass is 32.1. The van der Waals surface area contributed by atoms with Crippen molar-refractivity contribution < 1.29 is 9.53 Å². The molecule has 1 aliphatic heterocycles. The lowest BCUT2D eigenvalue weighted by atomic mass is 9.88. The number of hydrogen-bond donors (Lipinski definition) is 2. The van der Waals surface area contributed by atoms with E-state index >= 15 is 0 Å². The molecule has 4 atom stereocenters. The van der Waals surface area contributed by atoms with Gasteiger partial charge in [-0.25, -0.2) is 0 Å². The van der Waals surface area contributed by atoms with E-state index < -0.39 is 0 Å². The molecule has 4 unspecified atom stereocenters. The summed E-state index contributed by atoms with van der Waals surface area (Å²) in [6.45, 7) is 2.83. The van der Waals surface area contributed by atoms with E-state index in [0.29, 0.717) is 11.7 Å². The number of nitrogens with one attached hydrogen (secondary N) is 1. The minimum atomic E-state index is 0.0463. The van der Waals surface area contributed by atoms with Crippen molar-refractivity contribution in [1.82, 2.24) is 5.32 Å². The van der Waals surface area contributed by atoms with Crippen LogP contribution in [0.15, 0.2) is 45.8 Å². The number of rotatable bonds is 3. The lowest BCUT2D eigenvalue weighted by molar-refractivity contribution is 0.0973. The molecule has 0 spiro atoms. The Morgan fingerprint density at radius 1 is 0.760 bits per heavy atom. The van der Waals surface area contributed by atoms with Crippen LogP contribution in [0.3, 0.4) is 0 Å². The van der Waals surface area contributed by atoms with Crippen molar-refractivity contribution in [1.29, 1.82) is 5.26 Å². The van der Waals surface area contributed by atoms with Gasteiger partial charge in [0.1, 0.15) is 7.85 Å². The summed E-state index contributed by atoms with van der Waals surface area (Å²) in [6.07, 6.45) is 16.5. The average molecular weight is 746 g/mol. The van der Waals surface area contributed by atoms with Crippen LogP contribution in [-0.2, 0) is 30.4 Å². The number of hydrogen-bond acceptors (Lipinski definition) is 9. The second-order valence-electron chi connectivity index (χ2n) is 13.5. The van der Waals surface area contributed by atoms with E-state index in [1.807, 2.05) is 41.2 Å². The number of carbonyl (C=O) groups is 1. The van der Waals surface area contributed by atoms with Crippen LogP contribution in [0.25, 0.3) is 0 Å². The number of likely N-dealkylation sites (N-methyl/N-ethyl adjacent to an activating group) is 1. The molecule has 4 aliphatic carbocycles. The van der Waals surface area contributed by atoms with Crippen molar-refractivity contribution in [3.05, 3.63) is 87.5 Å². The van der Waals surface area contributed by atoms with Crippen molar-refractivity contribution in [2.45, 2.75) is 114 Å². The number of Topliss-reactive ketones (excluding diaryl/α,β-unsaturated/α-hetero) is 1. The highest BCUT2D eigenvalue weighted by molar-refractivity contribution is 7.11. The van der Waals surface area contributed by atoms with Gasteiger partial charge in [-0.3, -0.25) is 4.79 Å². The van der Waals surface area contributed by atoms with Crippen LogP contribution in [0.5, 0.6) is 0 Å². The Morgan fingerprint density at radius 3 is 1.88 bits per heavy atom. The molecule has 2 radical (unpaired) electrons. The molecule has 50 heavy (non-hydrogen) atoms. The lowest BCUT2D eigenvalue weighted by Gasteiger charge is -2.21. The summed E-state index contributed by atoms with van der Waals surface area (Å²) in [5.74, 6) is 1.96. The maximum absolute atomic E-state index is 11.2. The quantitative estimate of drug-likeness (QED) is 0.204. The molecule has 0 bridgehead atoms. The number of nitrogens with two attached hydrogens (primary N) is 1. The van der Waals surface area contributed by atoms with E-state index in [9.17, 15) is 4.79 Å². The van der Waals surface area contributed by atoms with Gasteiger partial charge in [-0.05, 0) is 171 Å². The summed E-state index contributed by atoms with van der Waals surface area (Å²) < 4.78 is 4.93. The Kier molecular flexibility index (Phi) is 16.3. The zero-order chi connectivity index (χ0) is 35.1. The van der Waals surface area contributed by atoms with E-state index in [2.05, 4.69) is 45.7 Å². The Hall–Kier alpha value is -2.10. The van der Waals surface area contributed by atoms with Gasteiger partial charge in [-0.1, -0.05) is 0 Å². The Morgan fingerprint density at radius 2 is 1.32 bits per heavy atom. The molecule has 9 rings (SSSR count). The molecule has 0 aromatic carbocycles. The molecule has 5 nitrogen and oxygen atoms in total. The van der Waals surface area contributed by atoms with Crippen LogP contribution >= 0.6 is 45.3 Å². The van der Waals surface area contributed by atoms with E-state index in [1.54, 1.807) is 38.0 Å². The van der Waals surface area contributed by atoms with Crippen molar-refractivity contribution in [2.24, 2.45) is 5.73 Å². The monoisotopic (exact) mass is 745 g/mol. The van der Waals surface area contributed by atoms with Gasteiger partial charge in [-0.15, -0.1) is 45.3 Å². The number of ether oxygens (including phenoxy) is 1. The molecular weight excluding hydrogens is 694 g/mol. The molecular formula is C40H52BN3O2S4. The molecule has 266 valence electrons. The van der Waals surface area contributed by atoms with Crippen LogP contribution < -0.4 is 11.1 Å². The Bertz CT molecular complexity index is 1630. The van der Waals surface area contributed by atoms with Crippen molar-refractivity contribution in [3.63, 3.8) is 0 Å². The fourth-order valence-electron chi connectivity index (χ4n) is 7.42. The average Bonchev–Trinajstić information content (AvgIpc) is 4.00. The molecule has 1 fully saturated rings. The van der Waals surface area contributed by atoms with E-state index in [0.717, 1.165) is 69.7 Å². The lowest BCUT2D eigenvalue weighted by Crippen LogP contribution is -2.20. The molecule has 1 saturated heterocycles. The first-order chi connectivity index (χ1) is 24.5. The third kappa shape index (κ3) is 11.0. The summed E-state index contributed by atoms with van der Waals surface area (Å²) in [5, 5.41) is 20.6.